The molecule has 328 valence electrons. The molecule has 0 aliphatic heterocycles. The first kappa shape index (κ1) is 60.3. The largest absolute Gasteiger partial charge is 2.00 e. The third-order valence-corrected chi connectivity index (χ3v) is 11.6. The first-order valence-corrected chi connectivity index (χ1v) is 25.9. The van der Waals surface area contributed by atoms with Gasteiger partial charge in [-0.1, -0.05) is 233 Å². The van der Waals surface area contributed by atoms with E-state index in [1.54, 1.807) is 0 Å². The second-order valence-electron chi connectivity index (χ2n) is 16.2. The van der Waals surface area contributed by atoms with Crippen LogP contribution in [0, 0.1) is 11.8 Å². The molecule has 0 radical (unpaired) electrons. The van der Waals surface area contributed by atoms with Crippen molar-refractivity contribution in [1.82, 2.24) is 0 Å². The molecule has 0 fully saturated rings. The minimum Gasteiger partial charge on any atom is -0.726 e. The third kappa shape index (κ3) is 55.0. The van der Waals surface area contributed by atoms with Crippen molar-refractivity contribution in [2.75, 3.05) is 13.2 Å². The van der Waals surface area contributed by atoms with Gasteiger partial charge in [0.1, 0.15) is 0 Å². The van der Waals surface area contributed by atoms with Crippen LogP contribution in [0.25, 0.3) is 0 Å². The van der Waals surface area contributed by atoms with Gasteiger partial charge in [-0.3, -0.25) is 8.37 Å². The summed E-state index contributed by atoms with van der Waals surface area (Å²) in [6, 6.07) is 0. The van der Waals surface area contributed by atoms with E-state index < -0.39 is 20.8 Å². The third-order valence-electron chi connectivity index (χ3n) is 10.8. The van der Waals surface area contributed by atoms with E-state index in [0.717, 1.165) is 51.4 Å². The van der Waals surface area contributed by atoms with Crippen molar-refractivity contribution in [3.05, 3.63) is 0 Å². The van der Waals surface area contributed by atoms with Gasteiger partial charge in [0.25, 0.3) is 0 Å². The minimum absolute atomic E-state index is 0. The Morgan fingerprint density at radius 3 is 0.655 bits per heavy atom. The van der Waals surface area contributed by atoms with Crippen LogP contribution in [0.3, 0.4) is 0 Å². The minimum atomic E-state index is -4.56. The van der Waals surface area contributed by atoms with E-state index in [-0.39, 0.29) is 62.8 Å². The summed E-state index contributed by atoms with van der Waals surface area (Å²) < 4.78 is 73.5. The maximum atomic E-state index is 10.7. The molecule has 0 amide bonds. The van der Waals surface area contributed by atoms with E-state index in [1.165, 1.54) is 180 Å². The van der Waals surface area contributed by atoms with Crippen molar-refractivity contribution >= 4 is 58.5 Å². The van der Waals surface area contributed by atoms with E-state index >= 15 is 0 Å². The molecular weight excluding hydrogens is 761 g/mol. The maximum Gasteiger partial charge on any atom is 2.00 e. The van der Waals surface area contributed by atoms with Gasteiger partial charge < -0.3 is 9.11 Å². The maximum absolute atomic E-state index is 10.7. The van der Waals surface area contributed by atoms with Crippen molar-refractivity contribution < 1.29 is 34.3 Å². The Morgan fingerprint density at radius 1 is 0.327 bits per heavy atom. The second kappa shape index (κ2) is 46.1. The van der Waals surface area contributed by atoms with Crippen LogP contribution in [0.5, 0.6) is 0 Å². The Hall–Kier alpha value is 1.000. The van der Waals surface area contributed by atoms with E-state index in [1.807, 2.05) is 0 Å². The zero-order valence-electron chi connectivity index (χ0n) is 36.8. The van der Waals surface area contributed by atoms with E-state index in [2.05, 4.69) is 36.1 Å². The predicted molar refractivity (Wildman–Crippen MR) is 233 cm³/mol. The van der Waals surface area contributed by atoms with E-state index in [0.29, 0.717) is 0 Å². The fraction of sp³-hybridized carbons (Fsp3) is 1.00. The molecule has 0 bridgehead atoms. The molecule has 0 aliphatic carbocycles. The summed E-state index contributed by atoms with van der Waals surface area (Å²) in [5.74, 6) is 0.405. The van der Waals surface area contributed by atoms with Gasteiger partial charge in [0.15, 0.2) is 0 Å². The zero-order chi connectivity index (χ0) is 40.4. The zero-order valence-corrected chi connectivity index (χ0v) is 40.7. The predicted octanol–water partition coefficient (Wildman–Crippen LogP) is 13.9. The molecule has 2 atom stereocenters. The van der Waals surface area contributed by atoms with Crippen molar-refractivity contribution in [1.29, 1.82) is 0 Å². The Balaban J connectivity index is -0.000000966. The molecule has 2 unspecified atom stereocenters. The van der Waals surface area contributed by atoms with Crippen LogP contribution in [0.4, 0.5) is 0 Å². The van der Waals surface area contributed by atoms with Crippen molar-refractivity contribution in [2.45, 2.75) is 259 Å². The molecule has 0 heterocycles. The summed E-state index contributed by atoms with van der Waals surface area (Å²) in [7, 11) is -9.13. The molecule has 8 nitrogen and oxygen atoms in total. The molecule has 0 aliphatic rings. The van der Waals surface area contributed by atoms with Crippen molar-refractivity contribution in [2.24, 2.45) is 11.8 Å². The van der Waals surface area contributed by atoms with E-state index in [9.17, 15) is 25.9 Å². The molecule has 0 aromatic heterocycles. The molecule has 0 aromatic rings. The monoisotopic (exact) mass is 851 g/mol. The van der Waals surface area contributed by atoms with Gasteiger partial charge in [0.05, 0.1) is 13.2 Å². The molecule has 0 rings (SSSR count). The van der Waals surface area contributed by atoms with Gasteiger partial charge in [-0.25, -0.2) is 16.8 Å². The Morgan fingerprint density at radius 2 is 0.491 bits per heavy atom. The van der Waals surface area contributed by atoms with Gasteiger partial charge in [-0.2, -0.15) is 0 Å². The van der Waals surface area contributed by atoms with E-state index in [4.69, 9.17) is 0 Å². The van der Waals surface area contributed by atoms with Gasteiger partial charge in [0.2, 0.25) is 20.8 Å². The second-order valence-corrected chi connectivity index (χ2v) is 18.3. The molecule has 0 saturated carbocycles. The standard InChI is InChI=1S/2C22H46O4S.Ca/c2*1-3-5-7-9-10-11-12-13-14-16-18-20-22(21-26-27(23,24)25)19-17-15-8-6-4-2;/h2*22H,3-21H2,1-2H3,(H,23,24,25);/q;;+2/p-2. The summed E-state index contributed by atoms with van der Waals surface area (Å²) >= 11 is 0. The number of hydrogen-bond acceptors (Lipinski definition) is 8. The summed E-state index contributed by atoms with van der Waals surface area (Å²) in [5.41, 5.74) is 0. The van der Waals surface area contributed by atoms with Gasteiger partial charge >= 0.3 is 37.7 Å². The SMILES string of the molecule is CCCCCCCCCCCCCC(CCCCCCC)COS(=O)(=O)[O-].CCCCCCCCCCCCCC(CCCCCCC)COS(=O)(=O)[O-].[Ca+2]. The molecule has 11 heteroatoms. The van der Waals surface area contributed by atoms with Gasteiger partial charge in [-0.15, -0.1) is 0 Å². The van der Waals surface area contributed by atoms with Crippen LogP contribution >= 0.6 is 0 Å². The summed E-state index contributed by atoms with van der Waals surface area (Å²) in [5, 5.41) is 0. The number of rotatable bonds is 42. The quantitative estimate of drug-likeness (QED) is 0.0257. The van der Waals surface area contributed by atoms with Crippen molar-refractivity contribution in [3.63, 3.8) is 0 Å². The molecule has 0 saturated heterocycles. The topological polar surface area (TPSA) is 133 Å². The first-order valence-electron chi connectivity index (χ1n) is 23.2. The van der Waals surface area contributed by atoms with Crippen LogP contribution in [0.15, 0.2) is 0 Å². The fourth-order valence-corrected chi connectivity index (χ4v) is 7.97. The Labute approximate surface area is 373 Å². The number of hydrogen-bond donors (Lipinski definition) is 0. The molecule has 0 spiro atoms. The van der Waals surface area contributed by atoms with Crippen LogP contribution in [0.1, 0.15) is 259 Å². The summed E-state index contributed by atoms with van der Waals surface area (Å²) in [4.78, 5) is 0. The van der Waals surface area contributed by atoms with Gasteiger partial charge in [0, 0.05) is 0 Å². The summed E-state index contributed by atoms with van der Waals surface area (Å²) in [6.07, 6.45) is 44.7. The Bertz CT molecular complexity index is 873. The average Bonchev–Trinajstić information content (AvgIpc) is 3.12. The molecule has 0 aromatic carbocycles. The normalized spacial score (nSPS) is 12.9. The van der Waals surface area contributed by atoms with Crippen LogP contribution < -0.4 is 0 Å². The molecule has 55 heavy (non-hydrogen) atoms. The molecule has 0 N–H and O–H groups in total. The van der Waals surface area contributed by atoms with Crippen LogP contribution in [-0.2, 0) is 29.2 Å². The Kier molecular flexibility index (Phi) is 50.5. The van der Waals surface area contributed by atoms with Crippen LogP contribution in [-0.4, -0.2) is 76.9 Å². The van der Waals surface area contributed by atoms with Crippen molar-refractivity contribution in [3.8, 4) is 0 Å². The number of unbranched alkanes of at least 4 members (excludes halogenated alkanes) is 28. The van der Waals surface area contributed by atoms with Crippen LogP contribution in [0.2, 0.25) is 0 Å². The fourth-order valence-electron chi connectivity index (χ4n) is 7.25. The smallest absolute Gasteiger partial charge is 0.726 e. The molecular formula is C44H90CaO8S2. The average molecular weight is 851 g/mol. The first-order chi connectivity index (χ1) is 26.0. The van der Waals surface area contributed by atoms with Gasteiger partial charge in [-0.05, 0) is 37.5 Å². The summed E-state index contributed by atoms with van der Waals surface area (Å²) in [6.45, 7) is 9.03.